The number of aromatic amines is 1. The molecule has 0 saturated carbocycles. The van der Waals surface area contributed by atoms with Gasteiger partial charge in [-0.05, 0) is 40.0 Å². The number of imidazole rings is 1. The van der Waals surface area contributed by atoms with Gasteiger partial charge in [-0.2, -0.15) is 0 Å². The van der Waals surface area contributed by atoms with Crippen molar-refractivity contribution >= 4 is 26.0 Å². The van der Waals surface area contributed by atoms with Crippen molar-refractivity contribution in [3.63, 3.8) is 0 Å². The molecule has 4 N–H and O–H groups in total. The average Bonchev–Trinajstić information content (AvgIpc) is 2.94. The third kappa shape index (κ3) is 3.91. The molecule has 0 unspecified atom stereocenters. The maximum absolute atomic E-state index is 12.4. The summed E-state index contributed by atoms with van der Waals surface area (Å²) in [5.41, 5.74) is 7.22. The Labute approximate surface area is 132 Å². The number of sulfonamides is 1. The van der Waals surface area contributed by atoms with Gasteiger partial charge in [0.1, 0.15) is 5.82 Å². The molecule has 1 heterocycles. The minimum absolute atomic E-state index is 0.211. The molecule has 1 aromatic heterocycles. The van der Waals surface area contributed by atoms with E-state index in [1.54, 1.807) is 18.5 Å². The number of nitrogens with zero attached hydrogens (tertiary/aromatic N) is 1. The number of hydrogen-bond acceptors (Lipinski definition) is 4. The van der Waals surface area contributed by atoms with Crippen molar-refractivity contribution in [1.29, 1.82) is 0 Å². The molecular weight excluding hydrogens is 356 g/mol. The van der Waals surface area contributed by atoms with Crippen LogP contribution >= 0.6 is 15.9 Å². The fourth-order valence-electron chi connectivity index (χ4n) is 1.94. The van der Waals surface area contributed by atoms with Crippen molar-refractivity contribution in [2.75, 3.05) is 6.54 Å². The normalized spacial score (nSPS) is 11.8. The fraction of sp³-hybridized carbons (Fsp3) is 0.308. The van der Waals surface area contributed by atoms with E-state index in [1.165, 1.54) is 0 Å². The van der Waals surface area contributed by atoms with Gasteiger partial charge in [0.2, 0.25) is 10.0 Å². The van der Waals surface area contributed by atoms with Crippen LogP contribution in [0.1, 0.15) is 17.0 Å². The summed E-state index contributed by atoms with van der Waals surface area (Å²) in [5, 5.41) is 0. The molecule has 21 heavy (non-hydrogen) atoms. The van der Waals surface area contributed by atoms with Crippen LogP contribution in [0.15, 0.2) is 33.9 Å². The van der Waals surface area contributed by atoms with E-state index in [-0.39, 0.29) is 11.4 Å². The zero-order valence-electron chi connectivity index (χ0n) is 11.6. The van der Waals surface area contributed by atoms with Gasteiger partial charge in [0.25, 0.3) is 0 Å². The van der Waals surface area contributed by atoms with Gasteiger partial charge in [0, 0.05) is 36.4 Å². The minimum Gasteiger partial charge on any atom is -0.349 e. The van der Waals surface area contributed by atoms with E-state index in [0.29, 0.717) is 17.4 Å². The zero-order valence-corrected chi connectivity index (χ0v) is 14.0. The Hall–Kier alpha value is -1.22. The van der Waals surface area contributed by atoms with Crippen LogP contribution in [0.3, 0.4) is 0 Å². The monoisotopic (exact) mass is 372 g/mol. The molecule has 0 radical (unpaired) electrons. The topological polar surface area (TPSA) is 101 Å². The van der Waals surface area contributed by atoms with E-state index in [0.717, 1.165) is 17.0 Å². The van der Waals surface area contributed by atoms with Gasteiger partial charge in [-0.25, -0.2) is 18.1 Å². The molecule has 0 atom stereocenters. The molecule has 114 valence electrons. The van der Waals surface area contributed by atoms with E-state index < -0.39 is 10.0 Å². The van der Waals surface area contributed by atoms with Crippen LogP contribution in [-0.4, -0.2) is 24.9 Å². The Morgan fingerprint density at radius 3 is 2.81 bits per heavy atom. The summed E-state index contributed by atoms with van der Waals surface area (Å²) in [6.45, 7) is 2.41. The highest BCUT2D eigenvalue weighted by atomic mass is 79.9. The number of nitrogens with one attached hydrogen (secondary N) is 2. The molecular formula is C13H17BrN4O2S. The Morgan fingerprint density at radius 2 is 2.19 bits per heavy atom. The van der Waals surface area contributed by atoms with Crippen LogP contribution in [0.25, 0.3) is 0 Å². The molecule has 0 aliphatic heterocycles. The Bertz CT molecular complexity index is 714. The number of hydrogen-bond donors (Lipinski definition) is 3. The second kappa shape index (κ2) is 6.69. The van der Waals surface area contributed by atoms with Crippen LogP contribution in [0.5, 0.6) is 0 Å². The molecule has 2 rings (SSSR count). The van der Waals surface area contributed by atoms with Crippen LogP contribution in [-0.2, 0) is 23.0 Å². The van der Waals surface area contributed by atoms with Gasteiger partial charge >= 0.3 is 0 Å². The molecule has 0 spiro atoms. The summed E-state index contributed by atoms with van der Waals surface area (Å²) in [7, 11) is -3.59. The summed E-state index contributed by atoms with van der Waals surface area (Å²) in [6.07, 6.45) is 3.84. The van der Waals surface area contributed by atoms with Gasteiger partial charge in [-0.1, -0.05) is 6.07 Å². The number of aromatic nitrogens is 2. The van der Waals surface area contributed by atoms with E-state index in [4.69, 9.17) is 5.73 Å². The first-order valence-electron chi connectivity index (χ1n) is 6.41. The number of halogens is 1. The van der Waals surface area contributed by atoms with E-state index in [1.807, 2.05) is 13.0 Å². The number of aryl methyl sites for hydroxylation is 1. The Balaban J connectivity index is 2.17. The van der Waals surface area contributed by atoms with E-state index in [9.17, 15) is 8.42 Å². The van der Waals surface area contributed by atoms with E-state index >= 15 is 0 Å². The van der Waals surface area contributed by atoms with Crippen molar-refractivity contribution in [3.05, 3.63) is 46.0 Å². The first-order chi connectivity index (χ1) is 9.94. The van der Waals surface area contributed by atoms with Gasteiger partial charge in [-0.15, -0.1) is 0 Å². The Morgan fingerprint density at radius 1 is 1.43 bits per heavy atom. The summed E-state index contributed by atoms with van der Waals surface area (Å²) in [6, 6.07) is 3.46. The zero-order chi connectivity index (χ0) is 15.5. The predicted octanol–water partition coefficient (Wildman–Crippen LogP) is 1.46. The lowest BCUT2D eigenvalue weighted by Gasteiger charge is -2.12. The maximum atomic E-state index is 12.4. The summed E-state index contributed by atoms with van der Waals surface area (Å²) in [4.78, 5) is 7.19. The highest BCUT2D eigenvalue weighted by molar-refractivity contribution is 9.10. The molecule has 0 aliphatic rings. The van der Waals surface area contributed by atoms with Crippen LogP contribution in [0.4, 0.5) is 0 Å². The van der Waals surface area contributed by atoms with Crippen LogP contribution in [0, 0.1) is 6.92 Å². The standard InChI is InChI=1S/C13H17BrN4O2S/c1-9-6-10(8-15)7-11(13(9)14)21(19,20)18-3-2-12-16-4-5-17-12/h4-7,18H,2-3,8,15H2,1H3,(H,16,17). The predicted molar refractivity (Wildman–Crippen MR) is 84.3 cm³/mol. The summed E-state index contributed by atoms with van der Waals surface area (Å²) in [5.74, 6) is 0.739. The lowest BCUT2D eigenvalue weighted by molar-refractivity contribution is 0.580. The lowest BCUT2D eigenvalue weighted by atomic mass is 10.1. The SMILES string of the molecule is Cc1cc(CN)cc(S(=O)(=O)NCCc2ncc[nH]2)c1Br. The van der Waals surface area contributed by atoms with Gasteiger partial charge < -0.3 is 10.7 Å². The third-order valence-corrected chi connectivity index (χ3v) is 5.82. The van der Waals surface area contributed by atoms with Crippen LogP contribution in [0.2, 0.25) is 0 Å². The first-order valence-corrected chi connectivity index (χ1v) is 8.68. The van der Waals surface area contributed by atoms with Crippen molar-refractivity contribution < 1.29 is 8.42 Å². The van der Waals surface area contributed by atoms with Crippen molar-refractivity contribution in [3.8, 4) is 0 Å². The van der Waals surface area contributed by atoms with Gasteiger partial charge in [0.15, 0.2) is 0 Å². The molecule has 8 heteroatoms. The maximum Gasteiger partial charge on any atom is 0.241 e. The van der Waals surface area contributed by atoms with Crippen molar-refractivity contribution in [2.45, 2.75) is 24.8 Å². The molecule has 0 aliphatic carbocycles. The smallest absolute Gasteiger partial charge is 0.241 e. The largest absolute Gasteiger partial charge is 0.349 e. The van der Waals surface area contributed by atoms with Crippen LogP contribution < -0.4 is 10.5 Å². The molecule has 6 nitrogen and oxygen atoms in total. The lowest BCUT2D eigenvalue weighted by Crippen LogP contribution is -2.27. The van der Waals surface area contributed by atoms with E-state index in [2.05, 4.69) is 30.6 Å². The quantitative estimate of drug-likeness (QED) is 0.714. The highest BCUT2D eigenvalue weighted by Crippen LogP contribution is 2.27. The third-order valence-electron chi connectivity index (χ3n) is 3.01. The minimum atomic E-state index is -3.59. The molecule has 0 fully saturated rings. The highest BCUT2D eigenvalue weighted by Gasteiger charge is 2.19. The molecule has 2 aromatic rings. The molecule has 0 bridgehead atoms. The van der Waals surface area contributed by atoms with Crippen molar-refractivity contribution in [2.24, 2.45) is 5.73 Å². The first kappa shape index (κ1) is 16.2. The average molecular weight is 373 g/mol. The molecule has 1 aromatic carbocycles. The molecule has 0 saturated heterocycles. The summed E-state index contributed by atoms with van der Waals surface area (Å²) >= 11 is 3.33. The molecule has 0 amide bonds. The second-order valence-corrected chi connectivity index (χ2v) is 7.14. The number of nitrogens with two attached hydrogens (primary N) is 1. The van der Waals surface area contributed by atoms with Gasteiger partial charge in [-0.3, -0.25) is 0 Å². The van der Waals surface area contributed by atoms with Gasteiger partial charge in [0.05, 0.1) is 4.90 Å². The Kier molecular flexibility index (Phi) is 5.15. The van der Waals surface area contributed by atoms with Crippen molar-refractivity contribution in [1.82, 2.24) is 14.7 Å². The number of rotatable bonds is 6. The summed E-state index contributed by atoms with van der Waals surface area (Å²) < 4.78 is 27.9. The number of H-pyrrole nitrogens is 1. The number of benzene rings is 1. The fourth-order valence-corrected chi connectivity index (χ4v) is 4.04. The second-order valence-electron chi connectivity index (χ2n) is 4.61.